The van der Waals surface area contributed by atoms with E-state index in [-0.39, 0.29) is 21.5 Å². The lowest BCUT2D eigenvalue weighted by atomic mass is 10.2. The highest BCUT2D eigenvalue weighted by Gasteiger charge is 2.17. The Labute approximate surface area is 136 Å². The molecule has 1 aromatic rings. The summed E-state index contributed by atoms with van der Waals surface area (Å²) in [5.41, 5.74) is 1.19. The Morgan fingerprint density at radius 3 is 1.60 bits per heavy atom. The maximum absolute atomic E-state index is 11.9. The van der Waals surface area contributed by atoms with Crippen molar-refractivity contribution in [2.75, 3.05) is 10.6 Å². The standard InChI is InChI=1S/C14H18Br2N2O2/c1-3-9(15)13(19)17-11-7-5-6-8-12(11)18-14(20)10(16)4-2/h5-10H,3-4H2,1-2H3,(H,17,19)(H,18,20)/t9-,10+. The number of amides is 2. The summed E-state index contributed by atoms with van der Waals surface area (Å²) in [7, 11) is 0. The summed E-state index contributed by atoms with van der Waals surface area (Å²) in [5.74, 6) is -0.250. The number of carbonyl (C=O) groups excluding carboxylic acids is 2. The zero-order valence-electron chi connectivity index (χ0n) is 11.5. The highest BCUT2D eigenvalue weighted by molar-refractivity contribution is 9.10. The van der Waals surface area contributed by atoms with Crippen LogP contribution in [-0.2, 0) is 9.59 Å². The van der Waals surface area contributed by atoms with Gasteiger partial charge >= 0.3 is 0 Å². The summed E-state index contributed by atoms with van der Waals surface area (Å²) in [6.45, 7) is 3.84. The van der Waals surface area contributed by atoms with Crippen LogP contribution >= 0.6 is 31.9 Å². The van der Waals surface area contributed by atoms with Gasteiger partial charge in [0, 0.05) is 0 Å². The molecule has 0 spiro atoms. The lowest BCUT2D eigenvalue weighted by molar-refractivity contribution is -0.116. The van der Waals surface area contributed by atoms with Gasteiger partial charge in [0.2, 0.25) is 11.8 Å². The molecule has 1 aromatic carbocycles. The first-order valence-corrected chi connectivity index (χ1v) is 8.31. The molecule has 0 heterocycles. The Kier molecular flexibility index (Phi) is 7.23. The number of halogens is 2. The molecule has 0 aliphatic carbocycles. The molecule has 2 atom stereocenters. The summed E-state index contributed by atoms with van der Waals surface area (Å²) in [6, 6.07) is 7.15. The minimum Gasteiger partial charge on any atom is -0.323 e. The molecule has 0 bridgehead atoms. The summed E-state index contributed by atoms with van der Waals surface area (Å²) in [4.78, 5) is 23.3. The van der Waals surface area contributed by atoms with Gasteiger partial charge < -0.3 is 10.6 Å². The van der Waals surface area contributed by atoms with Gasteiger partial charge in [-0.15, -0.1) is 0 Å². The van der Waals surface area contributed by atoms with Crippen LogP contribution in [0.2, 0.25) is 0 Å². The van der Waals surface area contributed by atoms with Gasteiger partial charge in [-0.3, -0.25) is 9.59 Å². The average Bonchev–Trinajstić information content (AvgIpc) is 2.47. The molecule has 0 aromatic heterocycles. The van der Waals surface area contributed by atoms with E-state index >= 15 is 0 Å². The van der Waals surface area contributed by atoms with E-state index in [4.69, 9.17) is 0 Å². The predicted molar refractivity (Wildman–Crippen MR) is 89.7 cm³/mol. The molecule has 2 N–H and O–H groups in total. The smallest absolute Gasteiger partial charge is 0.238 e. The van der Waals surface area contributed by atoms with E-state index in [1.54, 1.807) is 12.1 Å². The molecule has 2 amide bonds. The summed E-state index contributed by atoms with van der Waals surface area (Å²) in [6.07, 6.45) is 1.39. The molecule has 1 rings (SSSR count). The SMILES string of the molecule is CC[C@@H](Br)C(=O)Nc1ccccc1NC(=O)[C@@H](Br)CC. The number of anilines is 2. The fraction of sp³-hybridized carbons (Fsp3) is 0.429. The monoisotopic (exact) mass is 404 g/mol. The number of hydrogen-bond acceptors (Lipinski definition) is 2. The third-order valence-corrected chi connectivity index (χ3v) is 4.86. The van der Waals surface area contributed by atoms with E-state index in [1.165, 1.54) is 0 Å². The highest BCUT2D eigenvalue weighted by atomic mass is 79.9. The van der Waals surface area contributed by atoms with Crippen LogP contribution in [0, 0.1) is 0 Å². The lowest BCUT2D eigenvalue weighted by Gasteiger charge is -2.15. The topological polar surface area (TPSA) is 58.2 Å². The van der Waals surface area contributed by atoms with Crippen molar-refractivity contribution in [2.24, 2.45) is 0 Å². The van der Waals surface area contributed by atoms with Crippen LogP contribution in [0.15, 0.2) is 24.3 Å². The van der Waals surface area contributed by atoms with Crippen molar-refractivity contribution in [1.82, 2.24) is 0 Å². The van der Waals surface area contributed by atoms with E-state index < -0.39 is 0 Å². The van der Waals surface area contributed by atoms with E-state index in [9.17, 15) is 9.59 Å². The molecular weight excluding hydrogens is 388 g/mol. The van der Waals surface area contributed by atoms with Crippen molar-refractivity contribution in [2.45, 2.75) is 36.3 Å². The molecule has 0 aliphatic rings. The van der Waals surface area contributed by atoms with Gasteiger partial charge in [-0.1, -0.05) is 57.8 Å². The minimum atomic E-state index is -0.245. The molecule has 4 nitrogen and oxygen atoms in total. The number of para-hydroxylation sites is 2. The molecule has 0 unspecified atom stereocenters. The quantitative estimate of drug-likeness (QED) is 0.705. The molecule has 6 heteroatoms. The van der Waals surface area contributed by atoms with Crippen molar-refractivity contribution in [3.63, 3.8) is 0 Å². The molecule has 0 aliphatic heterocycles. The predicted octanol–water partition coefficient (Wildman–Crippen LogP) is 3.91. The van der Waals surface area contributed by atoms with Crippen LogP contribution in [0.3, 0.4) is 0 Å². The number of hydrogen-bond donors (Lipinski definition) is 2. The first-order chi connectivity index (χ1) is 9.49. The fourth-order valence-electron chi connectivity index (χ4n) is 1.49. The maximum atomic E-state index is 11.9. The van der Waals surface area contributed by atoms with Crippen LogP contribution in [-0.4, -0.2) is 21.5 Å². The van der Waals surface area contributed by atoms with E-state index in [2.05, 4.69) is 42.5 Å². The molecule has 0 saturated carbocycles. The first kappa shape index (κ1) is 17.2. The largest absolute Gasteiger partial charge is 0.323 e. The van der Waals surface area contributed by atoms with Gasteiger partial charge in [-0.25, -0.2) is 0 Å². The number of alkyl halides is 2. The second-order valence-electron chi connectivity index (χ2n) is 4.28. The molecular formula is C14H18Br2N2O2. The zero-order valence-corrected chi connectivity index (χ0v) is 14.6. The van der Waals surface area contributed by atoms with Gasteiger partial charge in [0.15, 0.2) is 0 Å². The average molecular weight is 406 g/mol. The third-order valence-electron chi connectivity index (χ3n) is 2.73. The van der Waals surface area contributed by atoms with Crippen LogP contribution in [0.25, 0.3) is 0 Å². The number of nitrogens with one attached hydrogen (secondary N) is 2. The van der Waals surface area contributed by atoms with Crippen molar-refractivity contribution in [3.05, 3.63) is 24.3 Å². The van der Waals surface area contributed by atoms with Crippen molar-refractivity contribution in [3.8, 4) is 0 Å². The Morgan fingerprint density at radius 2 is 1.30 bits per heavy atom. The summed E-state index contributed by atoms with van der Waals surface area (Å²) in [5, 5.41) is 5.62. The van der Waals surface area contributed by atoms with Crippen LogP contribution in [0.4, 0.5) is 11.4 Å². The van der Waals surface area contributed by atoms with Crippen LogP contribution in [0.1, 0.15) is 26.7 Å². The highest BCUT2D eigenvalue weighted by Crippen LogP contribution is 2.23. The second-order valence-corrected chi connectivity index (χ2v) is 6.49. The van der Waals surface area contributed by atoms with Crippen LogP contribution < -0.4 is 10.6 Å². The van der Waals surface area contributed by atoms with Gasteiger partial charge in [0.25, 0.3) is 0 Å². The first-order valence-electron chi connectivity index (χ1n) is 6.48. The van der Waals surface area contributed by atoms with Crippen molar-refractivity contribution in [1.29, 1.82) is 0 Å². The fourth-order valence-corrected chi connectivity index (χ4v) is 1.72. The Bertz CT molecular complexity index is 437. The van der Waals surface area contributed by atoms with E-state index in [0.717, 1.165) is 0 Å². The molecule has 0 fully saturated rings. The van der Waals surface area contributed by atoms with Crippen molar-refractivity contribution >= 4 is 55.0 Å². The summed E-state index contributed by atoms with van der Waals surface area (Å²) >= 11 is 6.61. The lowest BCUT2D eigenvalue weighted by Crippen LogP contribution is -2.25. The second kappa shape index (κ2) is 8.42. The van der Waals surface area contributed by atoms with E-state index in [1.807, 2.05) is 26.0 Å². The number of rotatable bonds is 6. The van der Waals surface area contributed by atoms with E-state index in [0.29, 0.717) is 24.2 Å². The number of carbonyl (C=O) groups is 2. The third kappa shape index (κ3) is 4.90. The Morgan fingerprint density at radius 1 is 0.950 bits per heavy atom. The molecule has 0 saturated heterocycles. The van der Waals surface area contributed by atoms with Gasteiger partial charge in [0.05, 0.1) is 21.0 Å². The van der Waals surface area contributed by atoms with Gasteiger partial charge in [-0.05, 0) is 25.0 Å². The summed E-state index contributed by atoms with van der Waals surface area (Å²) < 4.78 is 0. The van der Waals surface area contributed by atoms with Crippen molar-refractivity contribution < 1.29 is 9.59 Å². The van der Waals surface area contributed by atoms with Crippen LogP contribution in [0.5, 0.6) is 0 Å². The number of benzene rings is 1. The minimum absolute atomic E-state index is 0.125. The zero-order chi connectivity index (χ0) is 15.1. The molecule has 110 valence electrons. The Hall–Kier alpha value is -0.880. The Balaban J connectivity index is 2.83. The molecule has 0 radical (unpaired) electrons. The van der Waals surface area contributed by atoms with Gasteiger partial charge in [-0.2, -0.15) is 0 Å². The van der Waals surface area contributed by atoms with Gasteiger partial charge in [0.1, 0.15) is 0 Å². The normalized spacial score (nSPS) is 13.4. The maximum Gasteiger partial charge on any atom is 0.238 e. The molecule has 20 heavy (non-hydrogen) atoms.